The molecule has 1 heterocycles. The Labute approximate surface area is 207 Å². The van der Waals surface area contributed by atoms with E-state index in [1.807, 2.05) is 0 Å². The van der Waals surface area contributed by atoms with Crippen LogP contribution >= 0.6 is 0 Å². The number of rotatable bonds is 5. The highest BCUT2D eigenvalue weighted by Crippen LogP contribution is 2.38. The zero-order valence-corrected chi connectivity index (χ0v) is 20.6. The molecule has 5 amide bonds. The van der Waals surface area contributed by atoms with Crippen LogP contribution in [0.15, 0.2) is 36.4 Å². The lowest BCUT2D eigenvalue weighted by atomic mass is 9.94. The number of nitrogens with one attached hydrogen (secondary N) is 2. The molecule has 0 bridgehead atoms. The predicted molar refractivity (Wildman–Crippen MR) is 128 cm³/mol. The Morgan fingerprint density at radius 2 is 1.69 bits per heavy atom. The summed E-state index contributed by atoms with van der Waals surface area (Å²) in [5.74, 6) is -2.71. The van der Waals surface area contributed by atoms with Gasteiger partial charge in [-0.25, -0.2) is 13.6 Å². The normalized spacial score (nSPS) is 18.9. The third-order valence-electron chi connectivity index (χ3n) is 6.60. The first-order chi connectivity index (χ1) is 16.8. The largest absolute Gasteiger partial charge is 0.329 e. The molecule has 2 aromatic carbocycles. The Kier molecular flexibility index (Phi) is 6.32. The summed E-state index contributed by atoms with van der Waals surface area (Å²) in [7, 11) is 1.58. The second-order valence-corrected chi connectivity index (χ2v) is 10.4. The van der Waals surface area contributed by atoms with Gasteiger partial charge < -0.3 is 15.1 Å². The fourth-order valence-electron chi connectivity index (χ4n) is 4.75. The number of likely N-dealkylation sites (N-methyl/N-ethyl adjacent to an activating group) is 1. The molecule has 1 fully saturated rings. The summed E-state index contributed by atoms with van der Waals surface area (Å²) < 4.78 is 27.4. The molecule has 2 aliphatic rings. The molecule has 0 unspecified atom stereocenters. The number of halogens is 2. The minimum atomic E-state index is -0.974. The van der Waals surface area contributed by atoms with Crippen LogP contribution in [0.4, 0.5) is 19.3 Å². The molecular formula is C26H28F2N4O4. The zero-order chi connectivity index (χ0) is 26.4. The van der Waals surface area contributed by atoms with E-state index in [1.54, 1.807) is 46.0 Å². The number of benzene rings is 2. The molecule has 1 atom stereocenters. The third-order valence-corrected chi connectivity index (χ3v) is 6.60. The zero-order valence-electron chi connectivity index (χ0n) is 20.6. The Morgan fingerprint density at radius 3 is 2.28 bits per heavy atom. The minimum Gasteiger partial charge on any atom is -0.329 e. The lowest BCUT2D eigenvalue weighted by Gasteiger charge is -2.29. The van der Waals surface area contributed by atoms with Crippen LogP contribution in [-0.4, -0.2) is 52.7 Å². The monoisotopic (exact) mass is 498 g/mol. The number of hydrogen-bond acceptors (Lipinski definition) is 4. The molecule has 36 heavy (non-hydrogen) atoms. The molecule has 8 nitrogen and oxygen atoms in total. The number of anilines is 1. The maximum Gasteiger partial charge on any atom is 0.324 e. The van der Waals surface area contributed by atoms with Crippen molar-refractivity contribution in [1.29, 1.82) is 0 Å². The van der Waals surface area contributed by atoms with Gasteiger partial charge in [-0.05, 0) is 41.0 Å². The van der Waals surface area contributed by atoms with Crippen LogP contribution < -0.4 is 10.6 Å². The van der Waals surface area contributed by atoms with E-state index in [4.69, 9.17) is 0 Å². The maximum atomic E-state index is 13.7. The summed E-state index contributed by atoms with van der Waals surface area (Å²) in [6.07, 6.45) is 0.697. The summed E-state index contributed by atoms with van der Waals surface area (Å²) in [5, 5.41) is 5.11. The van der Waals surface area contributed by atoms with Crippen LogP contribution in [-0.2, 0) is 33.8 Å². The van der Waals surface area contributed by atoms with E-state index in [9.17, 15) is 28.0 Å². The van der Waals surface area contributed by atoms with Crippen molar-refractivity contribution in [1.82, 2.24) is 15.1 Å². The summed E-state index contributed by atoms with van der Waals surface area (Å²) in [6, 6.07) is 7.81. The number of imide groups is 1. The van der Waals surface area contributed by atoms with E-state index in [-0.39, 0.29) is 30.5 Å². The molecule has 2 N–H and O–H groups in total. The molecule has 0 saturated carbocycles. The van der Waals surface area contributed by atoms with Crippen LogP contribution in [0.5, 0.6) is 0 Å². The molecule has 1 aliphatic heterocycles. The molecule has 0 aromatic heterocycles. The molecular weight excluding hydrogens is 470 g/mol. The minimum absolute atomic E-state index is 0.139. The number of fused-ring (bicyclic) bond motifs is 1. The lowest BCUT2D eigenvalue weighted by molar-refractivity contribution is -0.142. The Hall–Kier alpha value is -3.82. The van der Waals surface area contributed by atoms with Gasteiger partial charge in [0.15, 0.2) is 0 Å². The van der Waals surface area contributed by atoms with Gasteiger partial charge in [0.2, 0.25) is 11.8 Å². The third kappa shape index (κ3) is 4.80. The van der Waals surface area contributed by atoms with E-state index < -0.39 is 34.5 Å². The second-order valence-electron chi connectivity index (χ2n) is 10.4. The van der Waals surface area contributed by atoms with E-state index in [0.717, 1.165) is 29.3 Å². The number of hydrogen-bond donors (Lipinski definition) is 2. The van der Waals surface area contributed by atoms with Gasteiger partial charge in [0.05, 0.1) is 0 Å². The fourth-order valence-corrected chi connectivity index (χ4v) is 4.75. The van der Waals surface area contributed by atoms with E-state index in [2.05, 4.69) is 10.6 Å². The highest BCUT2D eigenvalue weighted by molar-refractivity contribution is 6.07. The Morgan fingerprint density at radius 1 is 1.06 bits per heavy atom. The smallest absolute Gasteiger partial charge is 0.324 e. The average molecular weight is 499 g/mol. The number of urea groups is 1. The van der Waals surface area contributed by atoms with Crippen molar-refractivity contribution in [3.63, 3.8) is 0 Å². The molecule has 1 saturated heterocycles. The van der Waals surface area contributed by atoms with E-state index >= 15 is 0 Å². The van der Waals surface area contributed by atoms with Crippen molar-refractivity contribution in [2.45, 2.75) is 45.7 Å². The summed E-state index contributed by atoms with van der Waals surface area (Å²) >= 11 is 0. The van der Waals surface area contributed by atoms with Crippen molar-refractivity contribution in [3.05, 3.63) is 64.7 Å². The molecule has 0 radical (unpaired) electrons. The van der Waals surface area contributed by atoms with Crippen LogP contribution in [0.3, 0.4) is 0 Å². The maximum absolute atomic E-state index is 13.7. The van der Waals surface area contributed by atoms with Gasteiger partial charge in [-0.1, -0.05) is 26.8 Å². The quantitative estimate of drug-likeness (QED) is 0.620. The number of amides is 5. The van der Waals surface area contributed by atoms with Gasteiger partial charge in [-0.3, -0.25) is 19.7 Å². The predicted octanol–water partition coefficient (Wildman–Crippen LogP) is 3.00. The fraction of sp³-hybridized carbons (Fsp3) is 0.385. The van der Waals surface area contributed by atoms with Gasteiger partial charge >= 0.3 is 6.03 Å². The topological polar surface area (TPSA) is 98.8 Å². The summed E-state index contributed by atoms with van der Waals surface area (Å²) in [4.78, 5) is 53.0. The van der Waals surface area contributed by atoms with Crippen LogP contribution in [0.1, 0.15) is 37.5 Å². The van der Waals surface area contributed by atoms with Gasteiger partial charge in [0.1, 0.15) is 23.7 Å². The van der Waals surface area contributed by atoms with Gasteiger partial charge in [-0.2, -0.15) is 0 Å². The van der Waals surface area contributed by atoms with E-state index in [0.29, 0.717) is 18.5 Å². The number of carbonyl (C=O) groups excluding carboxylic acids is 4. The lowest BCUT2D eigenvalue weighted by Crippen LogP contribution is -2.48. The average Bonchev–Trinajstić information content (AvgIpc) is 3.24. The molecule has 1 spiro atoms. The molecule has 4 rings (SSSR count). The SMILES string of the molecule is CN1C(=O)NC(=O)[C@@]12Cc1ccc(NC(=O)CN(Cc3cc(F)cc(F)c3)C(=O)C(C)(C)C)cc1C2. The highest BCUT2D eigenvalue weighted by atomic mass is 19.1. The first-order valence-corrected chi connectivity index (χ1v) is 11.5. The number of nitrogens with zero attached hydrogens (tertiary/aromatic N) is 2. The van der Waals surface area contributed by atoms with E-state index in [1.165, 1.54) is 9.80 Å². The van der Waals surface area contributed by atoms with Crippen molar-refractivity contribution >= 4 is 29.4 Å². The standard InChI is InChI=1S/C26H28F2N4O4/c1-25(2,3)23(35)32(13-15-7-18(27)10-19(28)8-15)14-21(33)29-20-6-5-16-11-26(12-17(16)9-20)22(34)30-24(36)31(26)4/h5-10H,11-14H2,1-4H3,(H,29,33)(H,30,34,36)/t26-/m0/s1. The van der Waals surface area contributed by atoms with Crippen LogP contribution in [0.25, 0.3) is 0 Å². The summed E-state index contributed by atoms with van der Waals surface area (Å²) in [5.41, 5.74) is 0.652. The van der Waals surface area contributed by atoms with Crippen LogP contribution in [0.2, 0.25) is 0 Å². The first-order valence-electron chi connectivity index (χ1n) is 11.5. The van der Waals surface area contributed by atoms with Gasteiger partial charge in [0, 0.05) is 43.6 Å². The first kappa shape index (κ1) is 25.3. The van der Waals surface area contributed by atoms with Crippen molar-refractivity contribution in [2.75, 3.05) is 18.9 Å². The van der Waals surface area contributed by atoms with Crippen molar-refractivity contribution in [2.24, 2.45) is 5.41 Å². The second kappa shape index (κ2) is 9.00. The van der Waals surface area contributed by atoms with Crippen molar-refractivity contribution in [3.8, 4) is 0 Å². The molecule has 1 aliphatic carbocycles. The molecule has 190 valence electrons. The molecule has 2 aromatic rings. The number of carbonyl (C=O) groups is 4. The Bertz CT molecular complexity index is 1250. The molecule has 10 heteroatoms. The Balaban J connectivity index is 1.49. The van der Waals surface area contributed by atoms with Crippen LogP contribution in [0, 0.1) is 17.0 Å². The van der Waals surface area contributed by atoms with Crippen molar-refractivity contribution < 1.29 is 28.0 Å². The summed E-state index contributed by atoms with van der Waals surface area (Å²) in [6.45, 7) is 4.63. The van der Waals surface area contributed by atoms with Gasteiger partial charge in [0.25, 0.3) is 5.91 Å². The van der Waals surface area contributed by atoms with Gasteiger partial charge in [-0.15, -0.1) is 0 Å². The highest BCUT2D eigenvalue weighted by Gasteiger charge is 2.54.